The molecule has 3 rings (SSSR count). The van der Waals surface area contributed by atoms with Crippen molar-refractivity contribution in [3.05, 3.63) is 48.0 Å². The van der Waals surface area contributed by atoms with Crippen molar-refractivity contribution >= 4 is 5.91 Å². The topological polar surface area (TPSA) is 70.7 Å². The molecule has 1 saturated carbocycles. The fourth-order valence-corrected chi connectivity index (χ4v) is 2.34. The number of carbonyl (C=O) groups excluding carboxylic acids is 1. The fourth-order valence-electron chi connectivity index (χ4n) is 2.34. The first-order valence-corrected chi connectivity index (χ1v) is 6.51. The predicted molar refractivity (Wildman–Crippen MR) is 70.4 cm³/mol. The highest BCUT2D eigenvalue weighted by Crippen LogP contribution is 2.47. The Morgan fingerprint density at radius 2 is 2.21 bits per heavy atom. The van der Waals surface area contributed by atoms with Gasteiger partial charge < -0.3 is 5.32 Å². The van der Waals surface area contributed by atoms with Crippen LogP contribution in [0.5, 0.6) is 0 Å². The third kappa shape index (κ3) is 2.81. The Labute approximate surface area is 111 Å². The average molecular weight is 256 g/mol. The molecule has 1 aromatic heterocycles. The highest BCUT2D eigenvalue weighted by molar-refractivity contribution is 5.82. The molecule has 0 spiro atoms. The van der Waals surface area contributed by atoms with Gasteiger partial charge in [0.15, 0.2) is 0 Å². The molecular weight excluding hydrogens is 240 g/mol. The van der Waals surface area contributed by atoms with Crippen LogP contribution in [0.25, 0.3) is 0 Å². The van der Waals surface area contributed by atoms with Gasteiger partial charge in [0.05, 0.1) is 0 Å². The summed E-state index contributed by atoms with van der Waals surface area (Å²) in [5.41, 5.74) is 1.26. The molecule has 2 N–H and O–H groups in total. The van der Waals surface area contributed by atoms with Gasteiger partial charge in [0.1, 0.15) is 12.2 Å². The van der Waals surface area contributed by atoms with Crippen molar-refractivity contribution in [2.75, 3.05) is 6.54 Å². The number of H-pyrrole nitrogens is 1. The van der Waals surface area contributed by atoms with Gasteiger partial charge in [0.25, 0.3) is 0 Å². The Balaban J connectivity index is 1.45. The third-order valence-corrected chi connectivity index (χ3v) is 3.48. The van der Waals surface area contributed by atoms with Crippen LogP contribution in [0.4, 0.5) is 0 Å². The Morgan fingerprint density at radius 3 is 2.95 bits per heavy atom. The van der Waals surface area contributed by atoms with E-state index in [9.17, 15) is 4.79 Å². The van der Waals surface area contributed by atoms with Gasteiger partial charge in [-0.1, -0.05) is 30.3 Å². The van der Waals surface area contributed by atoms with E-state index < -0.39 is 0 Å². The van der Waals surface area contributed by atoms with Crippen LogP contribution in [0.3, 0.4) is 0 Å². The van der Waals surface area contributed by atoms with Crippen molar-refractivity contribution in [2.24, 2.45) is 5.92 Å². The minimum absolute atomic E-state index is 0.136. The van der Waals surface area contributed by atoms with Gasteiger partial charge in [-0.05, 0) is 17.9 Å². The predicted octanol–water partition coefficient (Wildman–Crippen LogP) is 1.27. The largest absolute Gasteiger partial charge is 0.355 e. The SMILES string of the molecule is O=C(NCCc1ncn[nH]1)C1CC1c1ccccc1. The Morgan fingerprint density at radius 1 is 1.37 bits per heavy atom. The molecule has 1 aliphatic rings. The smallest absolute Gasteiger partial charge is 0.223 e. The van der Waals surface area contributed by atoms with E-state index in [0.717, 1.165) is 12.2 Å². The molecule has 0 aliphatic heterocycles. The van der Waals surface area contributed by atoms with E-state index in [1.807, 2.05) is 18.2 Å². The van der Waals surface area contributed by atoms with Crippen LogP contribution in [0.1, 0.15) is 23.7 Å². The minimum atomic E-state index is 0.136. The number of nitrogens with one attached hydrogen (secondary N) is 2. The van der Waals surface area contributed by atoms with Crippen LogP contribution < -0.4 is 5.32 Å². The summed E-state index contributed by atoms with van der Waals surface area (Å²) in [7, 11) is 0. The van der Waals surface area contributed by atoms with Gasteiger partial charge in [-0.3, -0.25) is 9.89 Å². The molecule has 1 aromatic carbocycles. The van der Waals surface area contributed by atoms with Crippen molar-refractivity contribution in [3.8, 4) is 0 Å². The molecule has 2 aromatic rings. The molecule has 1 aliphatic carbocycles. The van der Waals surface area contributed by atoms with Crippen molar-refractivity contribution in [1.29, 1.82) is 0 Å². The maximum atomic E-state index is 12.0. The molecule has 2 atom stereocenters. The molecule has 5 nitrogen and oxygen atoms in total. The molecular formula is C14H16N4O. The van der Waals surface area contributed by atoms with E-state index in [-0.39, 0.29) is 11.8 Å². The number of hydrogen-bond acceptors (Lipinski definition) is 3. The lowest BCUT2D eigenvalue weighted by molar-refractivity contribution is -0.122. The average Bonchev–Trinajstić information content (AvgIpc) is 3.09. The van der Waals surface area contributed by atoms with E-state index in [0.29, 0.717) is 18.9 Å². The second-order valence-electron chi connectivity index (χ2n) is 4.83. The van der Waals surface area contributed by atoms with Crippen LogP contribution in [0.2, 0.25) is 0 Å². The number of rotatable bonds is 5. The first-order chi connectivity index (χ1) is 9.34. The first-order valence-electron chi connectivity index (χ1n) is 6.51. The summed E-state index contributed by atoms with van der Waals surface area (Å²) in [6.45, 7) is 0.603. The summed E-state index contributed by atoms with van der Waals surface area (Å²) in [5.74, 6) is 1.48. The summed E-state index contributed by atoms with van der Waals surface area (Å²) >= 11 is 0. The normalized spacial score (nSPS) is 21.1. The molecule has 19 heavy (non-hydrogen) atoms. The van der Waals surface area contributed by atoms with E-state index in [4.69, 9.17) is 0 Å². The van der Waals surface area contributed by atoms with Crippen LogP contribution in [-0.2, 0) is 11.2 Å². The zero-order chi connectivity index (χ0) is 13.1. The lowest BCUT2D eigenvalue weighted by Crippen LogP contribution is -2.27. The number of hydrogen-bond donors (Lipinski definition) is 2. The molecule has 0 bridgehead atoms. The Bertz CT molecular complexity index is 538. The maximum Gasteiger partial charge on any atom is 0.223 e. The lowest BCUT2D eigenvalue weighted by atomic mass is 10.1. The second-order valence-corrected chi connectivity index (χ2v) is 4.83. The van der Waals surface area contributed by atoms with Gasteiger partial charge in [-0.2, -0.15) is 5.10 Å². The highest BCUT2D eigenvalue weighted by Gasteiger charge is 2.43. The van der Waals surface area contributed by atoms with Gasteiger partial charge in [0, 0.05) is 18.9 Å². The molecule has 0 radical (unpaired) electrons. The maximum absolute atomic E-state index is 12.0. The number of nitrogens with zero attached hydrogens (tertiary/aromatic N) is 2. The quantitative estimate of drug-likeness (QED) is 0.846. The van der Waals surface area contributed by atoms with Gasteiger partial charge in [-0.25, -0.2) is 4.98 Å². The van der Waals surface area contributed by atoms with Crippen molar-refractivity contribution in [2.45, 2.75) is 18.8 Å². The van der Waals surface area contributed by atoms with Gasteiger partial charge >= 0.3 is 0 Å². The molecule has 0 saturated heterocycles. The molecule has 1 heterocycles. The zero-order valence-corrected chi connectivity index (χ0v) is 10.5. The van der Waals surface area contributed by atoms with Crippen LogP contribution in [0, 0.1) is 5.92 Å². The van der Waals surface area contributed by atoms with Crippen LogP contribution >= 0.6 is 0 Å². The Hall–Kier alpha value is -2.17. The van der Waals surface area contributed by atoms with E-state index in [1.54, 1.807) is 0 Å². The summed E-state index contributed by atoms with van der Waals surface area (Å²) in [6, 6.07) is 10.2. The standard InChI is InChI=1S/C14H16N4O/c19-14(15-7-6-13-16-9-17-18-13)12-8-11(12)10-4-2-1-3-5-10/h1-5,9,11-12H,6-8H2,(H,15,19)(H,16,17,18). The lowest BCUT2D eigenvalue weighted by Gasteiger charge is -2.03. The van der Waals surface area contributed by atoms with Crippen molar-refractivity contribution < 1.29 is 4.79 Å². The Kier molecular flexibility index (Phi) is 3.27. The van der Waals surface area contributed by atoms with Crippen LogP contribution in [-0.4, -0.2) is 27.6 Å². The van der Waals surface area contributed by atoms with E-state index >= 15 is 0 Å². The summed E-state index contributed by atoms with van der Waals surface area (Å²) < 4.78 is 0. The van der Waals surface area contributed by atoms with E-state index in [2.05, 4.69) is 32.6 Å². The summed E-state index contributed by atoms with van der Waals surface area (Å²) in [4.78, 5) is 16.0. The second kappa shape index (κ2) is 5.22. The van der Waals surface area contributed by atoms with Gasteiger partial charge in [-0.15, -0.1) is 0 Å². The van der Waals surface area contributed by atoms with Crippen molar-refractivity contribution in [3.63, 3.8) is 0 Å². The number of amides is 1. The van der Waals surface area contributed by atoms with Gasteiger partial charge in [0.2, 0.25) is 5.91 Å². The highest BCUT2D eigenvalue weighted by atomic mass is 16.2. The third-order valence-electron chi connectivity index (χ3n) is 3.48. The zero-order valence-electron chi connectivity index (χ0n) is 10.5. The number of carbonyl (C=O) groups is 1. The monoisotopic (exact) mass is 256 g/mol. The molecule has 1 fully saturated rings. The molecule has 5 heteroatoms. The molecule has 98 valence electrons. The summed E-state index contributed by atoms with van der Waals surface area (Å²) in [6.07, 6.45) is 3.12. The molecule has 2 unspecified atom stereocenters. The van der Waals surface area contributed by atoms with E-state index in [1.165, 1.54) is 11.9 Å². The first kappa shape index (κ1) is 11.9. The minimum Gasteiger partial charge on any atom is -0.355 e. The fraction of sp³-hybridized carbons (Fsp3) is 0.357. The van der Waals surface area contributed by atoms with Crippen LogP contribution in [0.15, 0.2) is 36.7 Å². The summed E-state index contributed by atoms with van der Waals surface area (Å²) in [5, 5.41) is 9.50. The number of aromatic nitrogens is 3. The van der Waals surface area contributed by atoms with Crippen molar-refractivity contribution in [1.82, 2.24) is 20.5 Å². The number of benzene rings is 1. The molecule has 1 amide bonds. The number of aromatic amines is 1.